The van der Waals surface area contributed by atoms with E-state index < -0.39 is 11.6 Å². The highest BCUT2D eigenvalue weighted by atomic mass is 79.9. The van der Waals surface area contributed by atoms with Gasteiger partial charge in [-0.3, -0.25) is 0 Å². The van der Waals surface area contributed by atoms with Gasteiger partial charge in [-0.1, -0.05) is 22.0 Å². The standard InChI is InChI=1S/C14H12BrF2N/c1-9-2-3-11(15)7-14(9)18-8-10-6-12(16)4-5-13(10)17/h2-7,18H,8H2,1H3. The molecule has 18 heavy (non-hydrogen) atoms. The number of hydrogen-bond acceptors (Lipinski definition) is 1. The van der Waals surface area contributed by atoms with Crippen molar-refractivity contribution < 1.29 is 8.78 Å². The maximum atomic E-state index is 13.4. The van der Waals surface area contributed by atoms with E-state index in [4.69, 9.17) is 0 Å². The summed E-state index contributed by atoms with van der Waals surface area (Å²) in [5.41, 5.74) is 2.26. The zero-order valence-corrected chi connectivity index (χ0v) is 11.4. The summed E-state index contributed by atoms with van der Waals surface area (Å²) in [6, 6.07) is 9.25. The molecule has 2 aromatic rings. The average molecular weight is 312 g/mol. The molecule has 0 radical (unpaired) electrons. The fourth-order valence-corrected chi connectivity index (χ4v) is 2.01. The molecule has 0 aromatic heterocycles. The van der Waals surface area contributed by atoms with Crippen molar-refractivity contribution in [3.63, 3.8) is 0 Å². The Morgan fingerprint density at radius 2 is 1.89 bits per heavy atom. The lowest BCUT2D eigenvalue weighted by Gasteiger charge is -2.10. The third-order valence-corrected chi connectivity index (χ3v) is 3.17. The molecule has 2 rings (SSSR count). The highest BCUT2D eigenvalue weighted by molar-refractivity contribution is 9.10. The molecule has 0 fully saturated rings. The lowest BCUT2D eigenvalue weighted by atomic mass is 10.1. The van der Waals surface area contributed by atoms with E-state index in [2.05, 4.69) is 21.2 Å². The van der Waals surface area contributed by atoms with Crippen LogP contribution in [0.1, 0.15) is 11.1 Å². The highest BCUT2D eigenvalue weighted by Crippen LogP contribution is 2.21. The van der Waals surface area contributed by atoms with Crippen molar-refractivity contribution in [3.05, 3.63) is 63.6 Å². The van der Waals surface area contributed by atoms with Crippen molar-refractivity contribution in [3.8, 4) is 0 Å². The predicted octanol–water partition coefficient (Wildman–Crippen LogP) is 4.65. The molecule has 0 aliphatic rings. The molecule has 1 nitrogen and oxygen atoms in total. The summed E-state index contributed by atoms with van der Waals surface area (Å²) in [5.74, 6) is -0.837. The van der Waals surface area contributed by atoms with E-state index in [1.165, 1.54) is 6.07 Å². The van der Waals surface area contributed by atoms with Crippen molar-refractivity contribution >= 4 is 21.6 Å². The SMILES string of the molecule is Cc1ccc(Br)cc1NCc1cc(F)ccc1F. The van der Waals surface area contributed by atoms with E-state index in [1.54, 1.807) is 0 Å². The highest BCUT2D eigenvalue weighted by Gasteiger charge is 2.05. The van der Waals surface area contributed by atoms with Gasteiger partial charge in [0.15, 0.2) is 0 Å². The molecular weight excluding hydrogens is 300 g/mol. The summed E-state index contributed by atoms with van der Waals surface area (Å²) >= 11 is 3.37. The molecule has 0 unspecified atom stereocenters. The van der Waals surface area contributed by atoms with E-state index in [0.717, 1.165) is 27.9 Å². The van der Waals surface area contributed by atoms with Crippen molar-refractivity contribution in [1.29, 1.82) is 0 Å². The molecule has 1 N–H and O–H groups in total. The number of anilines is 1. The van der Waals surface area contributed by atoms with E-state index in [0.29, 0.717) is 5.56 Å². The van der Waals surface area contributed by atoms with Crippen LogP contribution in [0, 0.1) is 18.6 Å². The van der Waals surface area contributed by atoms with Gasteiger partial charge in [0.05, 0.1) is 0 Å². The minimum atomic E-state index is -0.431. The topological polar surface area (TPSA) is 12.0 Å². The first kappa shape index (κ1) is 13.0. The van der Waals surface area contributed by atoms with Crippen LogP contribution in [0.2, 0.25) is 0 Å². The number of aryl methyl sites for hydroxylation is 1. The first-order valence-corrected chi connectivity index (χ1v) is 6.29. The lowest BCUT2D eigenvalue weighted by molar-refractivity contribution is 0.587. The predicted molar refractivity (Wildman–Crippen MR) is 72.6 cm³/mol. The number of benzene rings is 2. The van der Waals surface area contributed by atoms with Crippen molar-refractivity contribution in [2.75, 3.05) is 5.32 Å². The molecule has 0 heterocycles. The van der Waals surface area contributed by atoms with Gasteiger partial charge in [0.1, 0.15) is 11.6 Å². The van der Waals surface area contributed by atoms with Crippen LogP contribution >= 0.6 is 15.9 Å². The quantitative estimate of drug-likeness (QED) is 0.870. The Labute approximate surface area is 113 Å². The molecule has 0 aliphatic heterocycles. The van der Waals surface area contributed by atoms with Crippen molar-refractivity contribution in [2.24, 2.45) is 0 Å². The Morgan fingerprint density at radius 1 is 1.11 bits per heavy atom. The third kappa shape index (κ3) is 3.07. The average Bonchev–Trinajstić information content (AvgIpc) is 2.34. The van der Waals surface area contributed by atoms with Gasteiger partial charge in [-0.15, -0.1) is 0 Å². The summed E-state index contributed by atoms with van der Waals surface area (Å²) in [7, 11) is 0. The number of nitrogens with one attached hydrogen (secondary N) is 1. The smallest absolute Gasteiger partial charge is 0.128 e. The zero-order valence-electron chi connectivity index (χ0n) is 9.81. The van der Waals surface area contributed by atoms with Gasteiger partial charge in [-0.05, 0) is 42.8 Å². The molecule has 0 bridgehead atoms. The van der Waals surface area contributed by atoms with E-state index in [1.807, 2.05) is 25.1 Å². The Hall–Kier alpha value is -1.42. The summed E-state index contributed by atoms with van der Waals surface area (Å²) < 4.78 is 27.4. The largest absolute Gasteiger partial charge is 0.381 e. The van der Waals surface area contributed by atoms with E-state index >= 15 is 0 Å². The minimum absolute atomic E-state index is 0.251. The second-order valence-electron chi connectivity index (χ2n) is 4.05. The fourth-order valence-electron chi connectivity index (χ4n) is 1.65. The maximum absolute atomic E-state index is 13.4. The Morgan fingerprint density at radius 3 is 2.67 bits per heavy atom. The Balaban J connectivity index is 2.16. The summed E-state index contributed by atoms with van der Waals surface area (Å²) in [6.07, 6.45) is 0. The summed E-state index contributed by atoms with van der Waals surface area (Å²) in [5, 5.41) is 3.10. The molecule has 0 saturated heterocycles. The van der Waals surface area contributed by atoms with Crippen LogP contribution in [-0.4, -0.2) is 0 Å². The molecule has 2 aromatic carbocycles. The number of rotatable bonds is 3. The minimum Gasteiger partial charge on any atom is -0.381 e. The van der Waals surface area contributed by atoms with Gasteiger partial charge < -0.3 is 5.32 Å². The van der Waals surface area contributed by atoms with Gasteiger partial charge in [-0.25, -0.2) is 8.78 Å². The second kappa shape index (κ2) is 5.48. The first-order valence-electron chi connectivity index (χ1n) is 5.50. The molecule has 0 spiro atoms. The van der Waals surface area contributed by atoms with Crippen LogP contribution in [0.5, 0.6) is 0 Å². The van der Waals surface area contributed by atoms with Crippen LogP contribution in [0.15, 0.2) is 40.9 Å². The third-order valence-electron chi connectivity index (χ3n) is 2.68. The molecule has 0 aliphatic carbocycles. The maximum Gasteiger partial charge on any atom is 0.128 e. The fraction of sp³-hybridized carbons (Fsp3) is 0.143. The van der Waals surface area contributed by atoms with Crippen molar-refractivity contribution in [2.45, 2.75) is 13.5 Å². The second-order valence-corrected chi connectivity index (χ2v) is 4.96. The molecule has 0 atom stereocenters. The monoisotopic (exact) mass is 311 g/mol. The van der Waals surface area contributed by atoms with Gasteiger partial charge in [0, 0.05) is 22.3 Å². The lowest BCUT2D eigenvalue weighted by Crippen LogP contribution is -2.03. The van der Waals surface area contributed by atoms with E-state index in [9.17, 15) is 8.78 Å². The van der Waals surface area contributed by atoms with Crippen molar-refractivity contribution in [1.82, 2.24) is 0 Å². The molecule has 0 amide bonds. The first-order chi connectivity index (χ1) is 8.56. The van der Waals surface area contributed by atoms with Gasteiger partial charge in [-0.2, -0.15) is 0 Å². The number of hydrogen-bond donors (Lipinski definition) is 1. The van der Waals surface area contributed by atoms with Gasteiger partial charge in [0.25, 0.3) is 0 Å². The van der Waals surface area contributed by atoms with Crippen LogP contribution in [0.3, 0.4) is 0 Å². The molecule has 94 valence electrons. The van der Waals surface area contributed by atoms with Gasteiger partial charge in [0.2, 0.25) is 0 Å². The number of halogens is 3. The van der Waals surface area contributed by atoms with Crippen LogP contribution in [0.25, 0.3) is 0 Å². The molecule has 0 saturated carbocycles. The van der Waals surface area contributed by atoms with Crippen LogP contribution in [0.4, 0.5) is 14.5 Å². The summed E-state index contributed by atoms with van der Waals surface area (Å²) in [4.78, 5) is 0. The normalized spacial score (nSPS) is 10.4. The molecular formula is C14H12BrF2N. The van der Waals surface area contributed by atoms with Crippen LogP contribution in [-0.2, 0) is 6.54 Å². The summed E-state index contributed by atoms with van der Waals surface area (Å²) in [6.45, 7) is 2.21. The van der Waals surface area contributed by atoms with Gasteiger partial charge >= 0.3 is 0 Å². The van der Waals surface area contributed by atoms with Crippen LogP contribution < -0.4 is 5.32 Å². The molecule has 4 heteroatoms. The van der Waals surface area contributed by atoms with E-state index in [-0.39, 0.29) is 6.54 Å². The Bertz CT molecular complexity index is 518. The zero-order chi connectivity index (χ0) is 13.1. The Kier molecular flexibility index (Phi) is 3.97.